The van der Waals surface area contributed by atoms with Crippen LogP contribution in [0.2, 0.25) is 0 Å². The van der Waals surface area contributed by atoms with Gasteiger partial charge < -0.3 is 9.84 Å². The molecule has 1 aliphatic carbocycles. The number of carbonyl (C=O) groups is 1. The maximum Gasteiger partial charge on any atom is 0.404 e. The third-order valence-corrected chi connectivity index (χ3v) is 3.47. The maximum atomic E-state index is 12.6. The Morgan fingerprint density at radius 1 is 1.40 bits per heavy atom. The zero-order valence-corrected chi connectivity index (χ0v) is 10.7. The number of fused-ring (bicyclic) bond motifs is 1. The second kappa shape index (κ2) is 5.83. The van der Waals surface area contributed by atoms with Gasteiger partial charge in [0.1, 0.15) is 0 Å². The highest BCUT2D eigenvalue weighted by Crippen LogP contribution is 2.34. The highest BCUT2D eigenvalue weighted by atomic mass is 19.4. The van der Waals surface area contributed by atoms with Gasteiger partial charge in [-0.2, -0.15) is 13.2 Å². The number of aryl methyl sites for hydroxylation is 1. The number of hydrogen-bond acceptors (Lipinski definition) is 2. The third kappa shape index (κ3) is 3.30. The summed E-state index contributed by atoms with van der Waals surface area (Å²) in [6, 6.07) is 7.42. The number of aliphatic carboxylic acids is 1. The van der Waals surface area contributed by atoms with Crippen molar-refractivity contribution in [3.05, 3.63) is 35.4 Å². The maximum absolute atomic E-state index is 12.6. The first kappa shape index (κ1) is 14.8. The molecule has 1 aromatic rings. The zero-order chi connectivity index (χ0) is 14.8. The molecule has 0 aliphatic heterocycles. The van der Waals surface area contributed by atoms with Gasteiger partial charge in [0.15, 0.2) is 5.92 Å². The number of ether oxygens (including phenoxy) is 1. The van der Waals surface area contributed by atoms with Crippen molar-refractivity contribution in [1.29, 1.82) is 0 Å². The number of rotatable bonds is 4. The van der Waals surface area contributed by atoms with Gasteiger partial charge in [-0.05, 0) is 30.4 Å². The van der Waals surface area contributed by atoms with E-state index in [0.29, 0.717) is 6.42 Å². The second-order valence-corrected chi connectivity index (χ2v) is 4.85. The number of alkyl halides is 3. The number of carboxylic acids is 1. The lowest BCUT2D eigenvalue weighted by molar-refractivity contribution is -0.206. The minimum absolute atomic E-state index is 0.454. The molecule has 0 bridgehead atoms. The molecular formula is C14H15F3O3. The lowest BCUT2D eigenvalue weighted by Gasteiger charge is -2.27. The molecule has 0 amide bonds. The Balaban J connectivity index is 2.06. The van der Waals surface area contributed by atoms with Crippen LogP contribution in [0.4, 0.5) is 13.2 Å². The van der Waals surface area contributed by atoms with Gasteiger partial charge in [0.2, 0.25) is 0 Å². The molecule has 0 aromatic heterocycles. The first-order chi connectivity index (χ1) is 9.39. The molecule has 1 aromatic carbocycles. The van der Waals surface area contributed by atoms with Gasteiger partial charge in [-0.25, -0.2) is 0 Å². The summed E-state index contributed by atoms with van der Waals surface area (Å²) in [6.45, 7) is -0.849. The van der Waals surface area contributed by atoms with Crippen LogP contribution in [0.1, 0.15) is 30.1 Å². The number of benzene rings is 1. The minimum atomic E-state index is -4.79. The van der Waals surface area contributed by atoms with E-state index in [1.807, 2.05) is 18.2 Å². The highest BCUT2D eigenvalue weighted by molar-refractivity contribution is 5.71. The van der Waals surface area contributed by atoms with Gasteiger partial charge in [-0.3, -0.25) is 4.79 Å². The predicted octanol–water partition coefficient (Wildman–Crippen LogP) is 3.34. The second-order valence-electron chi connectivity index (χ2n) is 4.85. The van der Waals surface area contributed by atoms with Gasteiger partial charge in [0, 0.05) is 0 Å². The van der Waals surface area contributed by atoms with Crippen LogP contribution in [0.25, 0.3) is 0 Å². The fourth-order valence-corrected chi connectivity index (χ4v) is 2.40. The lowest BCUT2D eigenvalue weighted by atomic mass is 9.89. The average molecular weight is 288 g/mol. The van der Waals surface area contributed by atoms with Crippen molar-refractivity contribution < 1.29 is 27.8 Å². The predicted molar refractivity (Wildman–Crippen MR) is 65.3 cm³/mol. The quantitative estimate of drug-likeness (QED) is 0.924. The fraction of sp³-hybridized carbons (Fsp3) is 0.500. The Kier molecular flexibility index (Phi) is 4.32. The van der Waals surface area contributed by atoms with Crippen molar-refractivity contribution in [2.75, 3.05) is 6.61 Å². The summed E-state index contributed by atoms with van der Waals surface area (Å²) in [5.41, 5.74) is 1.92. The third-order valence-electron chi connectivity index (χ3n) is 3.47. The van der Waals surface area contributed by atoms with Crippen LogP contribution < -0.4 is 0 Å². The minimum Gasteiger partial charge on any atom is -0.481 e. The molecule has 2 atom stereocenters. The van der Waals surface area contributed by atoms with Crippen LogP contribution in [-0.2, 0) is 16.0 Å². The van der Waals surface area contributed by atoms with Crippen LogP contribution >= 0.6 is 0 Å². The molecule has 1 aliphatic rings. The highest BCUT2D eigenvalue weighted by Gasteiger charge is 2.45. The van der Waals surface area contributed by atoms with E-state index in [0.717, 1.165) is 24.0 Å². The summed E-state index contributed by atoms with van der Waals surface area (Å²) < 4.78 is 42.9. The van der Waals surface area contributed by atoms with E-state index in [2.05, 4.69) is 0 Å². The van der Waals surface area contributed by atoms with Gasteiger partial charge in [0.05, 0.1) is 12.7 Å². The van der Waals surface area contributed by atoms with Crippen LogP contribution in [0.5, 0.6) is 0 Å². The smallest absolute Gasteiger partial charge is 0.404 e. The van der Waals surface area contributed by atoms with E-state index in [9.17, 15) is 18.0 Å². The largest absolute Gasteiger partial charge is 0.481 e. The fourth-order valence-electron chi connectivity index (χ4n) is 2.40. The summed E-state index contributed by atoms with van der Waals surface area (Å²) >= 11 is 0. The normalized spacial score (nSPS) is 20.2. The van der Waals surface area contributed by atoms with Crippen molar-refractivity contribution in [2.45, 2.75) is 31.5 Å². The van der Waals surface area contributed by atoms with Crippen molar-refractivity contribution in [1.82, 2.24) is 0 Å². The number of halogens is 3. The zero-order valence-electron chi connectivity index (χ0n) is 10.7. The Hall–Kier alpha value is -1.56. The molecule has 6 heteroatoms. The van der Waals surface area contributed by atoms with E-state index in [1.54, 1.807) is 6.07 Å². The number of carboxylic acid groups (broad SMARTS) is 1. The molecule has 0 fully saturated rings. The standard InChI is InChI=1S/C14H15F3O3/c15-14(16,17)11(13(18)19)8-20-12-7-3-5-9-4-1-2-6-10(9)12/h1-2,4,6,11-12H,3,5,7-8H2,(H,18,19). The molecule has 0 heterocycles. The first-order valence-corrected chi connectivity index (χ1v) is 6.38. The van der Waals surface area contributed by atoms with Crippen LogP contribution in [0.3, 0.4) is 0 Å². The van der Waals surface area contributed by atoms with Crippen molar-refractivity contribution in [3.63, 3.8) is 0 Å². The Morgan fingerprint density at radius 2 is 2.10 bits per heavy atom. The van der Waals surface area contributed by atoms with E-state index < -0.39 is 30.8 Å². The van der Waals surface area contributed by atoms with Crippen molar-refractivity contribution in [3.8, 4) is 0 Å². The topological polar surface area (TPSA) is 46.5 Å². The van der Waals surface area contributed by atoms with E-state index in [1.165, 1.54) is 0 Å². The molecule has 2 rings (SSSR count). The van der Waals surface area contributed by atoms with Gasteiger partial charge >= 0.3 is 12.1 Å². The molecule has 20 heavy (non-hydrogen) atoms. The van der Waals surface area contributed by atoms with E-state index in [-0.39, 0.29) is 0 Å². The summed E-state index contributed by atoms with van der Waals surface area (Å²) in [6.07, 6.45) is -2.94. The Bertz CT molecular complexity index is 485. The van der Waals surface area contributed by atoms with Crippen LogP contribution in [0, 0.1) is 5.92 Å². The van der Waals surface area contributed by atoms with Gasteiger partial charge in [-0.15, -0.1) is 0 Å². The first-order valence-electron chi connectivity index (χ1n) is 6.38. The summed E-state index contributed by atoms with van der Waals surface area (Å²) in [5.74, 6) is -4.38. The van der Waals surface area contributed by atoms with E-state index in [4.69, 9.17) is 9.84 Å². The lowest BCUT2D eigenvalue weighted by Crippen LogP contribution is -2.35. The molecule has 0 spiro atoms. The summed E-state index contributed by atoms with van der Waals surface area (Å²) in [4.78, 5) is 10.7. The van der Waals surface area contributed by atoms with Crippen LogP contribution in [-0.4, -0.2) is 23.9 Å². The monoisotopic (exact) mass is 288 g/mol. The molecule has 1 N–H and O–H groups in total. The number of hydrogen-bond donors (Lipinski definition) is 1. The van der Waals surface area contributed by atoms with Crippen molar-refractivity contribution in [2.24, 2.45) is 5.92 Å². The SMILES string of the molecule is O=C(O)C(COC1CCCc2ccccc21)C(F)(F)F. The molecule has 0 saturated heterocycles. The molecule has 110 valence electrons. The molecule has 0 saturated carbocycles. The van der Waals surface area contributed by atoms with E-state index >= 15 is 0 Å². The summed E-state index contributed by atoms with van der Waals surface area (Å²) in [7, 11) is 0. The molecule has 3 nitrogen and oxygen atoms in total. The molecule has 2 unspecified atom stereocenters. The molecular weight excluding hydrogens is 273 g/mol. The molecule has 0 radical (unpaired) electrons. The van der Waals surface area contributed by atoms with Gasteiger partial charge in [0.25, 0.3) is 0 Å². The Labute approximate surface area is 114 Å². The van der Waals surface area contributed by atoms with Crippen LogP contribution in [0.15, 0.2) is 24.3 Å². The van der Waals surface area contributed by atoms with Gasteiger partial charge in [-0.1, -0.05) is 24.3 Å². The Morgan fingerprint density at radius 3 is 2.75 bits per heavy atom. The van der Waals surface area contributed by atoms with Crippen molar-refractivity contribution >= 4 is 5.97 Å². The average Bonchev–Trinajstić information content (AvgIpc) is 2.37. The summed E-state index contributed by atoms with van der Waals surface area (Å²) in [5, 5.41) is 8.63.